The van der Waals surface area contributed by atoms with Crippen LogP contribution < -0.4 is 5.32 Å². The zero-order valence-electron chi connectivity index (χ0n) is 7.27. The summed E-state index contributed by atoms with van der Waals surface area (Å²) in [5, 5.41) is 3.36. The number of rotatable bonds is 0. The van der Waals surface area contributed by atoms with Gasteiger partial charge in [-0.3, -0.25) is 5.32 Å². The Morgan fingerprint density at radius 1 is 1.40 bits per heavy atom. The van der Waals surface area contributed by atoms with Crippen LogP contribution in [0.2, 0.25) is 0 Å². The Morgan fingerprint density at radius 3 is 2.40 bits per heavy atom. The second-order valence-corrected chi connectivity index (χ2v) is 3.72. The third-order valence-corrected chi connectivity index (χ3v) is 1.78. The molecule has 2 nitrogen and oxygen atoms in total. The van der Waals surface area contributed by atoms with Crippen LogP contribution in [0.4, 0.5) is 0 Å². The Labute approximate surface area is 63.0 Å². The topological polar surface area (TPSA) is 21.3 Å². The van der Waals surface area contributed by atoms with Crippen LogP contribution in [0.15, 0.2) is 0 Å². The summed E-state index contributed by atoms with van der Waals surface area (Å²) in [6, 6.07) is 0.582. The van der Waals surface area contributed by atoms with E-state index < -0.39 is 0 Å². The van der Waals surface area contributed by atoms with Gasteiger partial charge in [-0.1, -0.05) is 0 Å². The van der Waals surface area contributed by atoms with Crippen LogP contribution in [0.3, 0.4) is 0 Å². The minimum atomic E-state index is -0.128. The van der Waals surface area contributed by atoms with Crippen LogP contribution >= 0.6 is 0 Å². The normalized spacial score (nSPS) is 39.6. The Hall–Kier alpha value is -0.0800. The van der Waals surface area contributed by atoms with Crippen molar-refractivity contribution in [1.29, 1.82) is 0 Å². The van der Waals surface area contributed by atoms with Gasteiger partial charge in [0.15, 0.2) is 0 Å². The van der Waals surface area contributed by atoms with E-state index in [0.29, 0.717) is 12.1 Å². The number of hydrogen-bond acceptors (Lipinski definition) is 2. The lowest BCUT2D eigenvalue weighted by molar-refractivity contribution is -0.125. The van der Waals surface area contributed by atoms with Crippen LogP contribution in [0.1, 0.15) is 34.1 Å². The van der Waals surface area contributed by atoms with Crippen LogP contribution in [-0.4, -0.2) is 17.9 Å². The molecule has 0 radical (unpaired) electrons. The van der Waals surface area contributed by atoms with Gasteiger partial charge in [0.25, 0.3) is 0 Å². The number of nitrogens with one attached hydrogen (secondary N) is 1. The Bertz CT molecular complexity index is 110. The third kappa shape index (κ3) is 1.96. The van der Waals surface area contributed by atoms with E-state index in [1.807, 2.05) is 0 Å². The Kier molecular flexibility index (Phi) is 2.02. The molecule has 0 saturated carbocycles. The molecular formula is C8H17NO. The SMILES string of the molecule is CC1CC(C)OC(C)(C)N1. The fourth-order valence-corrected chi connectivity index (χ4v) is 1.74. The first kappa shape index (κ1) is 8.02. The first-order chi connectivity index (χ1) is 4.49. The van der Waals surface area contributed by atoms with Gasteiger partial charge in [-0.2, -0.15) is 0 Å². The maximum atomic E-state index is 5.63. The summed E-state index contributed by atoms with van der Waals surface area (Å²) in [6.07, 6.45) is 1.51. The van der Waals surface area contributed by atoms with E-state index in [1.54, 1.807) is 0 Å². The van der Waals surface area contributed by atoms with E-state index in [0.717, 1.165) is 6.42 Å². The predicted octanol–water partition coefficient (Wildman–Crippen LogP) is 1.51. The summed E-state index contributed by atoms with van der Waals surface area (Å²) < 4.78 is 5.63. The summed E-state index contributed by atoms with van der Waals surface area (Å²) in [5.41, 5.74) is -0.128. The maximum Gasteiger partial charge on any atom is 0.114 e. The molecule has 0 aliphatic carbocycles. The van der Waals surface area contributed by atoms with Gasteiger partial charge in [-0.15, -0.1) is 0 Å². The summed E-state index contributed by atoms with van der Waals surface area (Å²) in [4.78, 5) is 0. The standard InChI is InChI=1S/C8H17NO/c1-6-5-7(2)10-8(3,4)9-6/h6-7,9H,5H2,1-4H3. The second-order valence-electron chi connectivity index (χ2n) is 3.72. The molecule has 0 bridgehead atoms. The zero-order valence-corrected chi connectivity index (χ0v) is 7.27. The summed E-state index contributed by atoms with van der Waals surface area (Å²) in [6.45, 7) is 8.46. The van der Waals surface area contributed by atoms with Crippen molar-refractivity contribution in [3.05, 3.63) is 0 Å². The van der Waals surface area contributed by atoms with Crippen LogP contribution in [0.5, 0.6) is 0 Å². The zero-order chi connectivity index (χ0) is 7.78. The molecule has 0 aromatic rings. The van der Waals surface area contributed by atoms with Crippen molar-refractivity contribution < 1.29 is 4.74 Å². The second kappa shape index (κ2) is 2.51. The van der Waals surface area contributed by atoms with Gasteiger partial charge in [0.2, 0.25) is 0 Å². The average molecular weight is 143 g/mol. The van der Waals surface area contributed by atoms with E-state index in [1.165, 1.54) is 0 Å². The van der Waals surface area contributed by atoms with Crippen molar-refractivity contribution in [1.82, 2.24) is 5.32 Å². The van der Waals surface area contributed by atoms with Crippen LogP contribution in [-0.2, 0) is 4.74 Å². The van der Waals surface area contributed by atoms with Crippen molar-refractivity contribution in [3.8, 4) is 0 Å². The van der Waals surface area contributed by atoms with Gasteiger partial charge in [0.05, 0.1) is 6.10 Å². The quantitative estimate of drug-likeness (QED) is 0.555. The molecular weight excluding hydrogens is 126 g/mol. The summed E-state index contributed by atoms with van der Waals surface area (Å²) in [5.74, 6) is 0. The molecule has 0 spiro atoms. The lowest BCUT2D eigenvalue weighted by atomic mass is 10.1. The molecule has 1 aliphatic heterocycles. The lowest BCUT2D eigenvalue weighted by Gasteiger charge is -2.39. The Balaban J connectivity index is 2.51. The predicted molar refractivity (Wildman–Crippen MR) is 41.8 cm³/mol. The molecule has 2 unspecified atom stereocenters. The van der Waals surface area contributed by atoms with Gasteiger partial charge in [0.1, 0.15) is 5.72 Å². The van der Waals surface area contributed by atoms with Gasteiger partial charge in [-0.05, 0) is 34.1 Å². The fraction of sp³-hybridized carbons (Fsp3) is 1.00. The highest BCUT2D eigenvalue weighted by atomic mass is 16.5. The molecule has 0 aromatic carbocycles. The van der Waals surface area contributed by atoms with Crippen LogP contribution in [0.25, 0.3) is 0 Å². The smallest absolute Gasteiger partial charge is 0.114 e. The summed E-state index contributed by atoms with van der Waals surface area (Å²) in [7, 11) is 0. The first-order valence-electron chi connectivity index (χ1n) is 3.95. The molecule has 2 heteroatoms. The molecule has 1 fully saturated rings. The van der Waals surface area contributed by atoms with Crippen molar-refractivity contribution >= 4 is 0 Å². The molecule has 1 N–H and O–H groups in total. The van der Waals surface area contributed by atoms with E-state index in [-0.39, 0.29) is 5.72 Å². The molecule has 10 heavy (non-hydrogen) atoms. The molecule has 60 valence electrons. The van der Waals surface area contributed by atoms with Crippen molar-refractivity contribution in [3.63, 3.8) is 0 Å². The van der Waals surface area contributed by atoms with Gasteiger partial charge < -0.3 is 4.74 Å². The van der Waals surface area contributed by atoms with Gasteiger partial charge in [-0.25, -0.2) is 0 Å². The average Bonchev–Trinajstić information content (AvgIpc) is 1.54. The van der Waals surface area contributed by atoms with E-state index in [2.05, 4.69) is 33.0 Å². The largest absolute Gasteiger partial charge is 0.358 e. The van der Waals surface area contributed by atoms with E-state index in [9.17, 15) is 0 Å². The van der Waals surface area contributed by atoms with Crippen LogP contribution in [0, 0.1) is 0 Å². The number of hydrogen-bond donors (Lipinski definition) is 1. The minimum absolute atomic E-state index is 0.128. The molecule has 0 amide bonds. The van der Waals surface area contributed by atoms with Crippen molar-refractivity contribution in [2.24, 2.45) is 0 Å². The fourth-order valence-electron chi connectivity index (χ4n) is 1.74. The first-order valence-corrected chi connectivity index (χ1v) is 3.95. The third-order valence-electron chi connectivity index (χ3n) is 1.78. The Morgan fingerprint density at radius 2 is 2.00 bits per heavy atom. The highest BCUT2D eigenvalue weighted by Gasteiger charge is 2.29. The molecule has 1 saturated heterocycles. The molecule has 1 heterocycles. The molecule has 1 aliphatic rings. The minimum Gasteiger partial charge on any atom is -0.358 e. The van der Waals surface area contributed by atoms with Gasteiger partial charge >= 0.3 is 0 Å². The van der Waals surface area contributed by atoms with E-state index >= 15 is 0 Å². The summed E-state index contributed by atoms with van der Waals surface area (Å²) >= 11 is 0. The molecule has 1 rings (SSSR count). The molecule has 0 aromatic heterocycles. The van der Waals surface area contributed by atoms with Gasteiger partial charge in [0, 0.05) is 6.04 Å². The van der Waals surface area contributed by atoms with E-state index in [4.69, 9.17) is 4.74 Å². The maximum absolute atomic E-state index is 5.63. The lowest BCUT2D eigenvalue weighted by Crippen LogP contribution is -2.54. The monoisotopic (exact) mass is 143 g/mol. The highest BCUT2D eigenvalue weighted by Crippen LogP contribution is 2.19. The highest BCUT2D eigenvalue weighted by molar-refractivity contribution is 4.79. The van der Waals surface area contributed by atoms with Crippen molar-refractivity contribution in [2.75, 3.05) is 0 Å². The number of ether oxygens (including phenoxy) is 1. The van der Waals surface area contributed by atoms with Crippen molar-refractivity contribution in [2.45, 2.75) is 52.0 Å². The molecule has 2 atom stereocenters.